The number of carbonyl (C=O) groups excluding carboxylic acids is 1. The van der Waals surface area contributed by atoms with E-state index >= 15 is 0 Å². The molecule has 0 aromatic carbocycles. The summed E-state index contributed by atoms with van der Waals surface area (Å²) in [5, 5.41) is 9.94. The molecule has 1 aromatic rings. The average molecular weight is 510 g/mol. The Morgan fingerprint density at radius 2 is 1.94 bits per heavy atom. The van der Waals surface area contributed by atoms with Gasteiger partial charge in [0.25, 0.3) is 5.91 Å². The van der Waals surface area contributed by atoms with Gasteiger partial charge in [-0.05, 0) is 58.4 Å². The SMILES string of the molecule is CC(C)(C)C#Cc1cc(N2C(=O)C(CCCS(C)(=O)=O)OCC2C2CCCCC2)c(C(=O)O)s1. The number of sulfone groups is 1. The highest BCUT2D eigenvalue weighted by molar-refractivity contribution is 7.90. The van der Waals surface area contributed by atoms with Crippen LogP contribution in [0.2, 0.25) is 0 Å². The Morgan fingerprint density at radius 1 is 1.26 bits per heavy atom. The zero-order chi connectivity index (χ0) is 25.1. The lowest BCUT2D eigenvalue weighted by molar-refractivity contribution is -0.138. The van der Waals surface area contributed by atoms with Gasteiger partial charge in [0.05, 0.1) is 23.2 Å². The van der Waals surface area contributed by atoms with E-state index in [0.29, 0.717) is 23.6 Å². The number of carbonyl (C=O) groups is 2. The lowest BCUT2D eigenvalue weighted by atomic mass is 9.82. The fourth-order valence-electron chi connectivity index (χ4n) is 4.60. The number of carboxylic acids is 1. The van der Waals surface area contributed by atoms with Crippen LogP contribution in [0.3, 0.4) is 0 Å². The monoisotopic (exact) mass is 509 g/mol. The number of thiophene rings is 1. The van der Waals surface area contributed by atoms with Crippen molar-refractivity contribution in [1.82, 2.24) is 0 Å². The molecule has 9 heteroatoms. The molecule has 1 aliphatic heterocycles. The van der Waals surface area contributed by atoms with E-state index in [1.807, 2.05) is 20.8 Å². The maximum atomic E-state index is 13.7. The van der Waals surface area contributed by atoms with Gasteiger partial charge >= 0.3 is 5.97 Å². The fraction of sp³-hybridized carbons (Fsp3) is 0.680. The molecule has 2 atom stereocenters. The van der Waals surface area contributed by atoms with E-state index in [-0.39, 0.29) is 40.3 Å². The normalized spacial score (nSPS) is 22.4. The number of hydrogen-bond donors (Lipinski definition) is 1. The Bertz CT molecular complexity index is 1070. The zero-order valence-corrected chi connectivity index (χ0v) is 22.1. The minimum absolute atomic E-state index is 0.0163. The van der Waals surface area contributed by atoms with Crippen molar-refractivity contribution >= 4 is 38.7 Å². The molecule has 2 unspecified atom stereocenters. The van der Waals surface area contributed by atoms with E-state index < -0.39 is 21.9 Å². The molecular weight excluding hydrogens is 474 g/mol. The number of morpholine rings is 1. The number of aromatic carboxylic acids is 1. The van der Waals surface area contributed by atoms with Gasteiger partial charge in [0.2, 0.25) is 0 Å². The Balaban J connectivity index is 1.97. The van der Waals surface area contributed by atoms with E-state index in [1.54, 1.807) is 11.0 Å². The molecule has 0 radical (unpaired) electrons. The van der Waals surface area contributed by atoms with Gasteiger partial charge < -0.3 is 14.7 Å². The first-order chi connectivity index (χ1) is 15.9. The topological polar surface area (TPSA) is 101 Å². The van der Waals surface area contributed by atoms with Gasteiger partial charge in [-0.1, -0.05) is 31.1 Å². The summed E-state index contributed by atoms with van der Waals surface area (Å²) in [4.78, 5) is 28.2. The molecule has 0 bridgehead atoms. The van der Waals surface area contributed by atoms with Crippen molar-refractivity contribution in [3.05, 3.63) is 15.8 Å². The van der Waals surface area contributed by atoms with Crippen LogP contribution in [0.25, 0.3) is 0 Å². The lowest BCUT2D eigenvalue weighted by Crippen LogP contribution is -2.57. The van der Waals surface area contributed by atoms with E-state index in [0.717, 1.165) is 43.4 Å². The van der Waals surface area contributed by atoms with Crippen LogP contribution >= 0.6 is 11.3 Å². The van der Waals surface area contributed by atoms with Gasteiger partial charge in [-0.15, -0.1) is 11.3 Å². The summed E-state index contributed by atoms with van der Waals surface area (Å²) in [5.74, 6) is 5.07. The average Bonchev–Trinajstić information content (AvgIpc) is 3.17. The molecule has 1 aliphatic carbocycles. The summed E-state index contributed by atoms with van der Waals surface area (Å²) in [7, 11) is -3.14. The number of rotatable bonds is 7. The predicted octanol–water partition coefficient (Wildman–Crippen LogP) is 4.35. The summed E-state index contributed by atoms with van der Waals surface area (Å²) in [5.41, 5.74) is 0.144. The van der Waals surface area contributed by atoms with Crippen molar-refractivity contribution in [1.29, 1.82) is 0 Å². The highest BCUT2D eigenvalue weighted by Gasteiger charge is 2.42. The van der Waals surface area contributed by atoms with Crippen LogP contribution in [0.15, 0.2) is 6.07 Å². The minimum atomic E-state index is -3.14. The summed E-state index contributed by atoms with van der Waals surface area (Å²) < 4.78 is 29.0. The first kappa shape index (κ1) is 26.7. The second-order valence-electron chi connectivity index (χ2n) is 10.4. The summed E-state index contributed by atoms with van der Waals surface area (Å²) >= 11 is 1.09. The molecule has 3 rings (SSSR count). The first-order valence-electron chi connectivity index (χ1n) is 11.9. The molecule has 7 nitrogen and oxygen atoms in total. The number of amides is 1. The molecule has 1 saturated heterocycles. The third kappa shape index (κ3) is 7.06. The maximum absolute atomic E-state index is 13.7. The first-order valence-corrected chi connectivity index (χ1v) is 14.8. The Hall–Kier alpha value is -1.89. The smallest absolute Gasteiger partial charge is 0.348 e. The van der Waals surface area contributed by atoms with E-state index in [9.17, 15) is 23.1 Å². The zero-order valence-electron chi connectivity index (χ0n) is 20.4. The minimum Gasteiger partial charge on any atom is -0.477 e. The highest BCUT2D eigenvalue weighted by Crippen LogP contribution is 2.39. The molecule has 2 fully saturated rings. The molecule has 1 N–H and O–H groups in total. The van der Waals surface area contributed by atoms with Crippen molar-refractivity contribution < 1.29 is 27.9 Å². The van der Waals surface area contributed by atoms with Crippen molar-refractivity contribution in [3.8, 4) is 11.8 Å². The van der Waals surface area contributed by atoms with Crippen LogP contribution < -0.4 is 4.90 Å². The largest absolute Gasteiger partial charge is 0.477 e. The van der Waals surface area contributed by atoms with Crippen LogP contribution in [0.5, 0.6) is 0 Å². The number of anilines is 1. The Kier molecular flexibility index (Phi) is 8.48. The van der Waals surface area contributed by atoms with Gasteiger partial charge in [-0.25, -0.2) is 13.2 Å². The van der Waals surface area contributed by atoms with E-state index in [4.69, 9.17) is 4.74 Å². The third-order valence-electron chi connectivity index (χ3n) is 6.22. The number of nitrogens with zero attached hydrogens (tertiary/aromatic N) is 1. The standard InChI is InChI=1S/C25H35NO6S2/c1-25(2,3)13-12-18-15-19(22(33-18)24(28)29)26-20(17-9-6-5-7-10-17)16-32-21(23(26)27)11-8-14-34(4,30)31/h15,17,20-21H,5-11,14,16H2,1-4H3,(H,28,29). The van der Waals surface area contributed by atoms with Crippen LogP contribution in [0.1, 0.15) is 80.3 Å². The maximum Gasteiger partial charge on any atom is 0.348 e. The summed E-state index contributed by atoms with van der Waals surface area (Å²) in [6.45, 7) is 6.27. The second-order valence-corrected chi connectivity index (χ2v) is 13.7. The van der Waals surface area contributed by atoms with E-state index in [2.05, 4.69) is 11.8 Å². The predicted molar refractivity (Wildman–Crippen MR) is 134 cm³/mol. The lowest BCUT2D eigenvalue weighted by Gasteiger charge is -2.44. The van der Waals surface area contributed by atoms with Crippen molar-refractivity contribution in [3.63, 3.8) is 0 Å². The molecule has 2 heterocycles. The Morgan fingerprint density at radius 3 is 2.53 bits per heavy atom. The molecule has 188 valence electrons. The molecule has 34 heavy (non-hydrogen) atoms. The molecule has 2 aliphatic rings. The highest BCUT2D eigenvalue weighted by atomic mass is 32.2. The van der Waals surface area contributed by atoms with Crippen molar-refractivity contribution in [2.75, 3.05) is 23.5 Å². The van der Waals surface area contributed by atoms with Crippen molar-refractivity contribution in [2.24, 2.45) is 11.3 Å². The molecular formula is C25H35NO6S2. The molecule has 1 amide bonds. The number of ether oxygens (including phenoxy) is 1. The Labute approximate surface area is 206 Å². The van der Waals surface area contributed by atoms with Gasteiger partial charge in [0, 0.05) is 17.4 Å². The molecule has 1 saturated carbocycles. The van der Waals surface area contributed by atoms with Crippen LogP contribution in [0, 0.1) is 23.2 Å². The quantitative estimate of drug-likeness (QED) is 0.549. The van der Waals surface area contributed by atoms with Gasteiger partial charge in [0.1, 0.15) is 20.8 Å². The molecule has 1 aromatic heterocycles. The van der Waals surface area contributed by atoms with E-state index in [1.165, 1.54) is 6.26 Å². The van der Waals surface area contributed by atoms with Gasteiger partial charge in [-0.2, -0.15) is 0 Å². The van der Waals surface area contributed by atoms with Crippen LogP contribution in [0.4, 0.5) is 5.69 Å². The molecule has 0 spiro atoms. The third-order valence-corrected chi connectivity index (χ3v) is 8.27. The van der Waals surface area contributed by atoms with Crippen molar-refractivity contribution in [2.45, 2.75) is 77.9 Å². The second kappa shape index (κ2) is 10.8. The fourth-order valence-corrected chi connectivity index (χ4v) is 6.14. The van der Waals surface area contributed by atoms with Crippen LogP contribution in [-0.2, 0) is 19.4 Å². The summed E-state index contributed by atoms with van der Waals surface area (Å²) in [6, 6.07) is 1.48. The van der Waals surface area contributed by atoms with Gasteiger partial charge in [0.15, 0.2) is 0 Å². The van der Waals surface area contributed by atoms with Crippen LogP contribution in [-0.4, -0.2) is 56.2 Å². The summed E-state index contributed by atoms with van der Waals surface area (Å²) in [6.07, 6.45) is 6.26. The van der Waals surface area contributed by atoms with Gasteiger partial charge in [-0.3, -0.25) is 4.79 Å². The number of carboxylic acid groups (broad SMARTS) is 1. The number of hydrogen-bond acceptors (Lipinski definition) is 6.